The number of nitrogens with one attached hydrogen (secondary N) is 1. The van der Waals surface area contributed by atoms with Crippen LogP contribution in [-0.2, 0) is 32.0 Å². The number of rotatable bonds is 11. The zero-order valence-corrected chi connectivity index (χ0v) is 27.5. The summed E-state index contributed by atoms with van der Waals surface area (Å²) in [6.07, 6.45) is -0.564. The van der Waals surface area contributed by atoms with E-state index in [1.54, 1.807) is 32.2 Å². The molecule has 0 bridgehead atoms. The quantitative estimate of drug-likeness (QED) is 0.187. The van der Waals surface area contributed by atoms with Gasteiger partial charge in [0.2, 0.25) is 11.7 Å². The molecular formula is C32H37F3N6O6S. The Morgan fingerprint density at radius 1 is 1.21 bits per heavy atom. The Bertz CT molecular complexity index is 1950. The third kappa shape index (κ3) is 6.18. The van der Waals surface area contributed by atoms with E-state index in [0.717, 1.165) is 9.96 Å². The van der Waals surface area contributed by atoms with E-state index < -0.39 is 39.2 Å². The molecule has 48 heavy (non-hydrogen) atoms. The molecule has 1 aliphatic carbocycles. The molecule has 1 saturated carbocycles. The Kier molecular flexibility index (Phi) is 8.61. The summed E-state index contributed by atoms with van der Waals surface area (Å²) in [7, 11) is -3.47. The van der Waals surface area contributed by atoms with Crippen LogP contribution in [-0.4, -0.2) is 76.1 Å². The van der Waals surface area contributed by atoms with Crippen molar-refractivity contribution in [2.45, 2.75) is 68.7 Å². The van der Waals surface area contributed by atoms with Gasteiger partial charge in [0.1, 0.15) is 10.5 Å². The van der Waals surface area contributed by atoms with Crippen LogP contribution < -0.4 is 9.46 Å². The predicted molar refractivity (Wildman–Crippen MR) is 169 cm³/mol. The van der Waals surface area contributed by atoms with Crippen LogP contribution in [0.3, 0.4) is 0 Å². The number of alkyl halides is 3. The minimum atomic E-state index is -5.02. The van der Waals surface area contributed by atoms with Gasteiger partial charge in [0.25, 0.3) is 0 Å². The molecule has 4 heterocycles. The van der Waals surface area contributed by atoms with Crippen LogP contribution >= 0.6 is 0 Å². The van der Waals surface area contributed by atoms with Crippen LogP contribution in [0.15, 0.2) is 53.7 Å². The fourth-order valence-electron chi connectivity index (χ4n) is 6.29. The smallest absolute Gasteiger partial charge is 0.452 e. The summed E-state index contributed by atoms with van der Waals surface area (Å²) in [4.78, 5) is 16.5. The zero-order chi connectivity index (χ0) is 34.5. The highest BCUT2D eigenvalue weighted by atomic mass is 32.3. The van der Waals surface area contributed by atoms with Gasteiger partial charge in [0.15, 0.2) is 5.65 Å². The summed E-state index contributed by atoms with van der Waals surface area (Å²) < 4.78 is 85.0. The van der Waals surface area contributed by atoms with Crippen molar-refractivity contribution in [2.24, 2.45) is 0 Å². The van der Waals surface area contributed by atoms with Crippen LogP contribution in [0.4, 0.5) is 13.2 Å². The number of carboxylic acids is 1. The Morgan fingerprint density at radius 2 is 1.98 bits per heavy atom. The average molecular weight is 691 g/mol. The number of fused-ring (bicyclic) bond motifs is 2. The van der Waals surface area contributed by atoms with Crippen LogP contribution in [0.5, 0.6) is 5.88 Å². The number of aryl methyl sites for hydroxylation is 2. The molecule has 1 spiro atoms. The summed E-state index contributed by atoms with van der Waals surface area (Å²) in [5, 5.41) is 17.0. The van der Waals surface area contributed by atoms with Gasteiger partial charge in [-0.05, 0) is 79.1 Å². The molecule has 4 aromatic rings. The molecule has 1 aliphatic heterocycles. The zero-order valence-electron chi connectivity index (χ0n) is 26.7. The van der Waals surface area contributed by atoms with E-state index in [0.29, 0.717) is 48.1 Å². The Morgan fingerprint density at radius 3 is 2.67 bits per heavy atom. The van der Waals surface area contributed by atoms with Gasteiger partial charge in [-0.25, -0.2) is 9.71 Å². The monoisotopic (exact) mass is 690 g/mol. The van der Waals surface area contributed by atoms with Gasteiger partial charge in [-0.2, -0.15) is 21.7 Å². The number of aromatic nitrogens is 4. The molecule has 2 aliphatic rings. The number of aliphatic carboxylic acids is 1. The van der Waals surface area contributed by atoms with E-state index in [4.69, 9.17) is 9.47 Å². The summed E-state index contributed by atoms with van der Waals surface area (Å²) in [6, 6.07) is 9.96. The molecule has 0 saturated heterocycles. The Labute approximate surface area is 274 Å². The molecule has 3 aromatic heterocycles. The van der Waals surface area contributed by atoms with Gasteiger partial charge in [0, 0.05) is 45.1 Å². The van der Waals surface area contributed by atoms with Crippen molar-refractivity contribution in [3.8, 4) is 5.88 Å². The number of hydrogen-bond acceptors (Lipinski definition) is 7. The van der Waals surface area contributed by atoms with Gasteiger partial charge in [-0.3, -0.25) is 13.7 Å². The van der Waals surface area contributed by atoms with Crippen LogP contribution in [0, 0.1) is 13.8 Å². The highest BCUT2D eigenvalue weighted by Gasteiger charge is 2.55. The van der Waals surface area contributed by atoms with Crippen LogP contribution in [0.2, 0.25) is 0 Å². The molecule has 6 rings (SSSR count). The summed E-state index contributed by atoms with van der Waals surface area (Å²) in [5.74, 6) is -2.96. The highest BCUT2D eigenvalue weighted by molar-refractivity contribution is 8.11. The molecule has 258 valence electrons. The molecule has 0 radical (unpaired) electrons. The maximum atomic E-state index is 15.2. The predicted octanol–water partition coefficient (Wildman–Crippen LogP) is 4.90. The highest BCUT2D eigenvalue weighted by Crippen LogP contribution is 2.51. The third-order valence-electron chi connectivity index (χ3n) is 9.08. The summed E-state index contributed by atoms with van der Waals surface area (Å²) in [6.45, 7) is 4.09. The van der Waals surface area contributed by atoms with Crippen molar-refractivity contribution in [3.63, 3.8) is 0 Å². The molecule has 1 atom stereocenters. The first-order chi connectivity index (χ1) is 22.6. The first-order valence-electron chi connectivity index (χ1n) is 15.4. The Hall–Kier alpha value is -3.96. The molecule has 0 unspecified atom stereocenters. The topological polar surface area (TPSA) is 151 Å². The van der Waals surface area contributed by atoms with E-state index in [9.17, 15) is 27.6 Å². The number of nitrogens with zero attached hydrogens (tertiary/aromatic N) is 5. The standard InChI is InChI=1S/C32H37F3N6O6S/c1-20-7-8-22(25(17-27(42)43)24-9-14-41-28(21(24)2)38-39-30(41)32(33,34)35)16-23(20)18-40-19-31(10-11-31)47-29-26(6-4-12-36-29)48(40,44,45)37-13-5-15-46-3/h4,6-9,12,14,16,25H,5,10-11,13,15,17-19H2,1-3H3,(H,42,43)(H2,37,44,45)/t25-/m0/s1. The maximum Gasteiger partial charge on any atom is 0.452 e. The van der Waals surface area contributed by atoms with Crippen molar-refractivity contribution in [1.82, 2.24) is 28.6 Å². The van der Waals surface area contributed by atoms with Gasteiger partial charge in [0.05, 0.1) is 13.0 Å². The lowest BCUT2D eigenvalue weighted by Crippen LogP contribution is -2.61. The first-order valence-corrected chi connectivity index (χ1v) is 17.3. The number of ether oxygens (including phenoxy) is 2. The lowest BCUT2D eigenvalue weighted by atomic mass is 9.85. The number of carbonyl (C=O) groups is 1. The fourth-order valence-corrected chi connectivity index (χ4v) is 9.00. The van der Waals surface area contributed by atoms with E-state index in [1.807, 2.05) is 13.0 Å². The Balaban J connectivity index is 1.42. The van der Waals surface area contributed by atoms with E-state index in [1.165, 1.54) is 28.8 Å². The second-order valence-corrected chi connectivity index (χ2v) is 15.4. The van der Waals surface area contributed by atoms with Gasteiger partial charge < -0.3 is 14.6 Å². The third-order valence-corrected chi connectivity index (χ3v) is 12.1. The van der Waals surface area contributed by atoms with Gasteiger partial charge in [-0.1, -0.05) is 27.9 Å². The lowest BCUT2D eigenvalue weighted by Gasteiger charge is -2.51. The van der Waals surface area contributed by atoms with Crippen molar-refractivity contribution in [2.75, 3.05) is 26.8 Å². The fraction of sp³-hybridized carbons (Fsp3) is 0.438. The molecule has 12 nitrogen and oxygen atoms in total. The molecule has 1 aromatic carbocycles. The average Bonchev–Trinajstić information content (AvgIpc) is 3.63. The van der Waals surface area contributed by atoms with Crippen molar-refractivity contribution >= 4 is 21.3 Å². The van der Waals surface area contributed by atoms with E-state index in [2.05, 4.69) is 19.9 Å². The molecule has 16 heteroatoms. The van der Waals surface area contributed by atoms with E-state index >= 15 is 4.21 Å². The molecule has 3 N–H and O–H groups in total. The second kappa shape index (κ2) is 12.2. The summed E-state index contributed by atoms with van der Waals surface area (Å²) in [5.41, 5.74) is 2.14. The molecular weight excluding hydrogens is 653 g/mol. The van der Waals surface area contributed by atoms with Crippen molar-refractivity contribution in [3.05, 3.63) is 82.4 Å². The lowest BCUT2D eigenvalue weighted by molar-refractivity contribution is -0.145. The van der Waals surface area contributed by atoms with Crippen LogP contribution in [0.25, 0.3) is 5.65 Å². The summed E-state index contributed by atoms with van der Waals surface area (Å²) >= 11 is 0. The minimum absolute atomic E-state index is 0.00477. The van der Waals surface area contributed by atoms with Crippen molar-refractivity contribution < 1.29 is 41.3 Å². The van der Waals surface area contributed by atoms with Crippen LogP contribution in [0.1, 0.15) is 65.2 Å². The maximum absolute atomic E-state index is 15.2. The SMILES string of the molecule is COCCCNS1(=O)(O)c2cccnc2OC2(CC2)CN1Cc1cc([C@H](CC(=O)O)c2ccn3c(C(F)(F)F)nnc3c2C)ccc1C. The number of halogens is 3. The van der Waals surface area contributed by atoms with Crippen molar-refractivity contribution in [1.29, 1.82) is 0 Å². The number of pyridine rings is 2. The normalized spacial score (nSPS) is 19.5. The number of hydrogen-bond donors (Lipinski definition) is 3. The number of carboxylic acid groups (broad SMARTS) is 1. The molecule has 0 amide bonds. The largest absolute Gasteiger partial charge is 0.481 e. The minimum Gasteiger partial charge on any atom is -0.481 e. The van der Waals surface area contributed by atoms with E-state index in [-0.39, 0.29) is 42.5 Å². The second-order valence-electron chi connectivity index (χ2n) is 12.4. The number of benzene rings is 1. The number of methoxy groups -OCH3 is 1. The molecule has 1 fully saturated rings. The van der Waals surface area contributed by atoms with Gasteiger partial charge >= 0.3 is 12.1 Å². The van der Waals surface area contributed by atoms with Gasteiger partial charge in [-0.15, -0.1) is 10.2 Å². The first kappa shape index (κ1) is 33.9.